The van der Waals surface area contributed by atoms with Crippen molar-refractivity contribution in [2.75, 3.05) is 50.7 Å². The summed E-state index contributed by atoms with van der Waals surface area (Å²) >= 11 is 0. The number of piperidine rings is 1. The zero-order chi connectivity index (χ0) is 23.4. The van der Waals surface area contributed by atoms with E-state index in [1.807, 2.05) is 23.0 Å². The predicted molar refractivity (Wildman–Crippen MR) is 129 cm³/mol. The number of hydrogen-bond acceptors (Lipinski definition) is 8. The third-order valence-corrected chi connectivity index (χ3v) is 6.12. The summed E-state index contributed by atoms with van der Waals surface area (Å²) in [6.45, 7) is 7.05. The van der Waals surface area contributed by atoms with Gasteiger partial charge in [0, 0.05) is 38.9 Å². The molecule has 9 heteroatoms. The first kappa shape index (κ1) is 22.8. The minimum atomic E-state index is 0.153. The number of nitrogens with zero attached hydrogens (tertiary/aromatic N) is 7. The van der Waals surface area contributed by atoms with E-state index in [0.29, 0.717) is 23.2 Å². The fraction of sp³-hybridized carbons (Fsp3) is 0.500. The van der Waals surface area contributed by atoms with Crippen LogP contribution >= 0.6 is 0 Å². The van der Waals surface area contributed by atoms with Crippen LogP contribution in [0.5, 0.6) is 11.5 Å². The largest absolute Gasteiger partial charge is 0.493 e. The molecule has 1 saturated heterocycles. The van der Waals surface area contributed by atoms with Crippen molar-refractivity contribution < 1.29 is 9.47 Å². The second-order valence-electron chi connectivity index (χ2n) is 8.68. The van der Waals surface area contributed by atoms with Gasteiger partial charge in [0.15, 0.2) is 23.1 Å². The number of hydrogen-bond donors (Lipinski definition) is 0. The number of anilines is 2. The number of ether oxygens (including phenoxy) is 2. The number of rotatable bonds is 8. The molecule has 0 spiro atoms. The zero-order valence-electron chi connectivity index (χ0n) is 20.1. The minimum Gasteiger partial charge on any atom is -0.493 e. The van der Waals surface area contributed by atoms with Gasteiger partial charge in [-0.3, -0.25) is 4.68 Å². The minimum absolute atomic E-state index is 0.153. The van der Waals surface area contributed by atoms with Crippen LogP contribution in [0.1, 0.15) is 32.7 Å². The quantitative estimate of drug-likeness (QED) is 0.513. The molecule has 3 aromatic rings. The molecule has 4 heterocycles. The van der Waals surface area contributed by atoms with E-state index in [9.17, 15) is 0 Å². The van der Waals surface area contributed by atoms with Crippen LogP contribution in [0, 0.1) is 5.92 Å². The topological polar surface area (TPSA) is 81.4 Å². The summed E-state index contributed by atoms with van der Waals surface area (Å²) in [7, 11) is 5.36. The highest BCUT2D eigenvalue weighted by atomic mass is 16.5. The van der Waals surface area contributed by atoms with Gasteiger partial charge < -0.3 is 19.3 Å². The van der Waals surface area contributed by atoms with Crippen LogP contribution in [0.25, 0.3) is 11.5 Å². The van der Waals surface area contributed by atoms with Crippen molar-refractivity contribution in [2.24, 2.45) is 5.92 Å². The first-order valence-electron chi connectivity index (χ1n) is 11.4. The van der Waals surface area contributed by atoms with Gasteiger partial charge in [-0.15, -0.1) is 0 Å². The zero-order valence-corrected chi connectivity index (χ0v) is 20.1. The van der Waals surface area contributed by atoms with Crippen LogP contribution in [0.15, 0.2) is 36.8 Å². The molecule has 0 aliphatic carbocycles. The molecule has 0 radical (unpaired) electrons. The smallest absolute Gasteiger partial charge is 0.184 e. The highest BCUT2D eigenvalue weighted by Crippen LogP contribution is 2.34. The van der Waals surface area contributed by atoms with Crippen molar-refractivity contribution in [1.29, 1.82) is 0 Å². The Hall–Kier alpha value is -3.36. The molecule has 9 nitrogen and oxygen atoms in total. The molecule has 0 aromatic carbocycles. The van der Waals surface area contributed by atoms with Gasteiger partial charge in [-0.25, -0.2) is 15.0 Å². The van der Waals surface area contributed by atoms with E-state index < -0.39 is 0 Å². The van der Waals surface area contributed by atoms with Gasteiger partial charge in [0.1, 0.15) is 11.5 Å². The number of aromatic nitrogens is 5. The van der Waals surface area contributed by atoms with E-state index in [4.69, 9.17) is 14.5 Å². The molecule has 0 amide bonds. The molecule has 0 N–H and O–H groups in total. The SMILES string of the molecule is COc1cnc(-c2c(OC)cnn2C(C)C)nc1N(C)CC1CCN(c2ccccn2)CC1. The maximum atomic E-state index is 5.60. The summed E-state index contributed by atoms with van der Waals surface area (Å²) in [5.74, 6) is 4.28. The molecule has 4 rings (SSSR count). The average molecular weight is 452 g/mol. The van der Waals surface area contributed by atoms with Crippen molar-refractivity contribution in [2.45, 2.75) is 32.7 Å². The van der Waals surface area contributed by atoms with Crippen molar-refractivity contribution in [3.8, 4) is 23.0 Å². The second-order valence-corrected chi connectivity index (χ2v) is 8.68. The van der Waals surface area contributed by atoms with Gasteiger partial charge >= 0.3 is 0 Å². The Bertz CT molecular complexity index is 1050. The molecule has 1 fully saturated rings. The third kappa shape index (κ3) is 4.86. The molecule has 1 aliphatic rings. The molecule has 0 unspecified atom stereocenters. The van der Waals surface area contributed by atoms with Gasteiger partial charge in [-0.1, -0.05) is 6.07 Å². The Morgan fingerprint density at radius 1 is 1.06 bits per heavy atom. The standard InChI is InChI=1S/C24H33N7O2/c1-17(2)31-22(19(32-4)15-27-31)23-26-14-20(33-5)24(28-23)29(3)16-18-9-12-30(13-10-18)21-8-6-7-11-25-21/h6-8,11,14-15,17-18H,9-10,12-13,16H2,1-5H3. The lowest BCUT2D eigenvalue weighted by Gasteiger charge is -2.35. The normalized spacial score (nSPS) is 14.5. The molecule has 0 bridgehead atoms. The van der Waals surface area contributed by atoms with E-state index in [-0.39, 0.29) is 6.04 Å². The van der Waals surface area contributed by atoms with Crippen LogP contribution < -0.4 is 19.3 Å². The molecule has 176 valence electrons. The maximum Gasteiger partial charge on any atom is 0.184 e. The van der Waals surface area contributed by atoms with Crippen LogP contribution in [0.4, 0.5) is 11.6 Å². The van der Waals surface area contributed by atoms with E-state index in [1.165, 1.54) is 0 Å². The molecule has 33 heavy (non-hydrogen) atoms. The Morgan fingerprint density at radius 3 is 2.45 bits per heavy atom. The van der Waals surface area contributed by atoms with Crippen LogP contribution in [-0.2, 0) is 0 Å². The highest BCUT2D eigenvalue weighted by molar-refractivity contribution is 5.63. The third-order valence-electron chi connectivity index (χ3n) is 6.12. The van der Waals surface area contributed by atoms with Crippen LogP contribution in [0.2, 0.25) is 0 Å². The highest BCUT2D eigenvalue weighted by Gasteiger charge is 2.25. The molecular formula is C24H33N7O2. The summed E-state index contributed by atoms with van der Waals surface area (Å²) < 4.78 is 13.0. The Labute approximate surface area is 195 Å². The van der Waals surface area contributed by atoms with Gasteiger partial charge in [0.25, 0.3) is 0 Å². The molecule has 0 atom stereocenters. The van der Waals surface area contributed by atoms with Crippen LogP contribution in [0.3, 0.4) is 0 Å². The van der Waals surface area contributed by atoms with E-state index >= 15 is 0 Å². The lowest BCUT2D eigenvalue weighted by atomic mass is 9.96. The Kier molecular flexibility index (Phi) is 6.96. The lowest BCUT2D eigenvalue weighted by Crippen LogP contribution is -2.38. The molecule has 3 aromatic heterocycles. The van der Waals surface area contributed by atoms with Crippen molar-refractivity contribution in [3.63, 3.8) is 0 Å². The number of methoxy groups -OCH3 is 2. The van der Waals surface area contributed by atoms with Gasteiger partial charge in [-0.2, -0.15) is 5.10 Å². The van der Waals surface area contributed by atoms with E-state index in [2.05, 4.69) is 51.8 Å². The fourth-order valence-corrected chi connectivity index (χ4v) is 4.35. The summed E-state index contributed by atoms with van der Waals surface area (Å²) in [6, 6.07) is 6.23. The lowest BCUT2D eigenvalue weighted by molar-refractivity contribution is 0.395. The number of pyridine rings is 1. The monoisotopic (exact) mass is 451 g/mol. The summed E-state index contributed by atoms with van der Waals surface area (Å²) in [4.78, 5) is 18.5. The summed E-state index contributed by atoms with van der Waals surface area (Å²) in [5.41, 5.74) is 0.772. The Morgan fingerprint density at radius 2 is 1.82 bits per heavy atom. The fourth-order valence-electron chi connectivity index (χ4n) is 4.35. The molecule has 0 saturated carbocycles. The maximum absolute atomic E-state index is 5.60. The second kappa shape index (κ2) is 10.1. The summed E-state index contributed by atoms with van der Waals surface area (Å²) in [6.07, 6.45) is 7.51. The van der Waals surface area contributed by atoms with Crippen molar-refractivity contribution in [3.05, 3.63) is 36.8 Å². The van der Waals surface area contributed by atoms with Crippen molar-refractivity contribution >= 4 is 11.6 Å². The van der Waals surface area contributed by atoms with Crippen LogP contribution in [-0.4, -0.2) is 65.6 Å². The molecular weight excluding hydrogens is 418 g/mol. The van der Waals surface area contributed by atoms with E-state index in [0.717, 1.165) is 49.8 Å². The first-order chi connectivity index (χ1) is 16.0. The average Bonchev–Trinajstić information content (AvgIpc) is 3.29. The van der Waals surface area contributed by atoms with E-state index in [1.54, 1.807) is 26.6 Å². The molecule has 1 aliphatic heterocycles. The Balaban J connectivity index is 1.51. The first-order valence-corrected chi connectivity index (χ1v) is 11.4. The van der Waals surface area contributed by atoms with Gasteiger partial charge in [-0.05, 0) is 44.7 Å². The van der Waals surface area contributed by atoms with Crippen molar-refractivity contribution in [1.82, 2.24) is 24.7 Å². The summed E-state index contributed by atoms with van der Waals surface area (Å²) in [5, 5.41) is 4.46. The van der Waals surface area contributed by atoms with Gasteiger partial charge in [0.2, 0.25) is 0 Å². The van der Waals surface area contributed by atoms with Gasteiger partial charge in [0.05, 0.1) is 26.6 Å². The predicted octanol–water partition coefficient (Wildman–Crippen LogP) is 3.69.